The molecule has 32 heavy (non-hydrogen) atoms. The molecular weight excluding hydrogens is 406 g/mol. The van der Waals surface area contributed by atoms with Crippen molar-refractivity contribution in [2.24, 2.45) is 0 Å². The normalized spacial score (nSPS) is 16.1. The minimum atomic E-state index is -0.616. The highest BCUT2D eigenvalue weighted by Gasteiger charge is 2.34. The smallest absolute Gasteiger partial charge is 0.338 e. The van der Waals surface area contributed by atoms with Crippen molar-refractivity contribution in [3.05, 3.63) is 77.0 Å². The Morgan fingerprint density at radius 3 is 2.34 bits per heavy atom. The molecule has 3 rings (SSSR count). The van der Waals surface area contributed by atoms with Crippen LogP contribution in [0.1, 0.15) is 37.9 Å². The first-order chi connectivity index (χ1) is 15.4. The van der Waals surface area contributed by atoms with Crippen molar-refractivity contribution >= 4 is 12.0 Å². The maximum Gasteiger partial charge on any atom is 0.338 e. The molecule has 7 heteroatoms. The van der Waals surface area contributed by atoms with Gasteiger partial charge in [-0.2, -0.15) is 0 Å². The van der Waals surface area contributed by atoms with Crippen LogP contribution in [0.2, 0.25) is 0 Å². The van der Waals surface area contributed by atoms with Gasteiger partial charge in [-0.3, -0.25) is 4.90 Å². The first-order valence-corrected chi connectivity index (χ1v) is 10.8. The van der Waals surface area contributed by atoms with Crippen LogP contribution >= 0.6 is 0 Å². The zero-order chi connectivity index (χ0) is 23.1. The van der Waals surface area contributed by atoms with Crippen molar-refractivity contribution in [2.75, 3.05) is 20.3 Å². The number of hydrogen-bond donors (Lipinski definition) is 2. The number of ether oxygens (including phenoxy) is 2. The second-order valence-electron chi connectivity index (χ2n) is 7.90. The quantitative estimate of drug-likeness (QED) is 0.584. The summed E-state index contributed by atoms with van der Waals surface area (Å²) in [5.41, 5.74) is 2.90. The average Bonchev–Trinajstić information content (AvgIpc) is 2.79. The lowest BCUT2D eigenvalue weighted by Gasteiger charge is -2.33. The molecule has 2 aromatic carbocycles. The highest BCUT2D eigenvalue weighted by Crippen LogP contribution is 2.29. The number of esters is 1. The van der Waals surface area contributed by atoms with Gasteiger partial charge in [-0.1, -0.05) is 42.5 Å². The predicted octanol–water partition coefficient (Wildman–Crippen LogP) is 3.78. The molecule has 170 valence electrons. The molecule has 0 fully saturated rings. The predicted molar refractivity (Wildman–Crippen MR) is 123 cm³/mol. The molecule has 0 aromatic heterocycles. The maximum atomic E-state index is 13.0. The van der Waals surface area contributed by atoms with E-state index in [-0.39, 0.29) is 18.7 Å². The fourth-order valence-corrected chi connectivity index (χ4v) is 3.68. The van der Waals surface area contributed by atoms with Gasteiger partial charge in [0.2, 0.25) is 0 Å². The summed E-state index contributed by atoms with van der Waals surface area (Å²) in [7, 11) is 1.59. The summed E-state index contributed by atoms with van der Waals surface area (Å²) in [6.07, 6.45) is 0. The van der Waals surface area contributed by atoms with Crippen LogP contribution in [0.4, 0.5) is 4.79 Å². The first-order valence-electron chi connectivity index (χ1n) is 10.8. The fourth-order valence-electron chi connectivity index (χ4n) is 3.68. The van der Waals surface area contributed by atoms with Gasteiger partial charge in [-0.05, 0) is 44.0 Å². The van der Waals surface area contributed by atoms with Crippen molar-refractivity contribution in [3.8, 4) is 5.75 Å². The molecule has 2 aromatic rings. The molecular formula is C25H31N3O4. The maximum absolute atomic E-state index is 13.0. The van der Waals surface area contributed by atoms with Crippen LogP contribution in [-0.4, -0.2) is 43.2 Å². The number of rotatable bonds is 9. The molecule has 0 aliphatic carbocycles. The van der Waals surface area contributed by atoms with Crippen LogP contribution in [0.25, 0.3) is 0 Å². The van der Waals surface area contributed by atoms with E-state index >= 15 is 0 Å². The molecule has 0 bridgehead atoms. The van der Waals surface area contributed by atoms with Crippen molar-refractivity contribution < 1.29 is 19.1 Å². The molecule has 1 heterocycles. The molecule has 2 N–H and O–H groups in total. The Morgan fingerprint density at radius 2 is 1.75 bits per heavy atom. The number of urea groups is 1. The van der Waals surface area contributed by atoms with Gasteiger partial charge >= 0.3 is 12.0 Å². The van der Waals surface area contributed by atoms with E-state index in [2.05, 4.69) is 41.5 Å². The molecule has 0 saturated heterocycles. The van der Waals surface area contributed by atoms with Gasteiger partial charge in [0.25, 0.3) is 0 Å². The van der Waals surface area contributed by atoms with Gasteiger partial charge in [-0.25, -0.2) is 9.59 Å². The number of benzene rings is 2. The van der Waals surface area contributed by atoms with E-state index in [1.54, 1.807) is 14.0 Å². The van der Waals surface area contributed by atoms with Gasteiger partial charge < -0.3 is 20.1 Å². The summed E-state index contributed by atoms with van der Waals surface area (Å²) < 4.78 is 10.6. The van der Waals surface area contributed by atoms with Crippen LogP contribution < -0.4 is 15.4 Å². The second-order valence-corrected chi connectivity index (χ2v) is 7.90. The number of carbonyl (C=O) groups is 2. The van der Waals surface area contributed by atoms with Gasteiger partial charge in [0.1, 0.15) is 5.75 Å². The van der Waals surface area contributed by atoms with Crippen LogP contribution in [0.15, 0.2) is 65.9 Å². The number of hydrogen-bond acceptors (Lipinski definition) is 5. The Hall–Kier alpha value is -3.32. The molecule has 0 radical (unpaired) electrons. The number of methoxy groups -OCH3 is 1. The summed E-state index contributed by atoms with van der Waals surface area (Å²) in [4.78, 5) is 27.8. The molecule has 0 saturated carbocycles. The summed E-state index contributed by atoms with van der Waals surface area (Å²) >= 11 is 0. The van der Waals surface area contributed by atoms with Crippen LogP contribution in [0, 0.1) is 0 Å². The van der Waals surface area contributed by atoms with E-state index in [1.807, 2.05) is 42.5 Å². The molecule has 2 amide bonds. The van der Waals surface area contributed by atoms with Crippen LogP contribution in [0.3, 0.4) is 0 Å². The highest BCUT2D eigenvalue weighted by molar-refractivity contribution is 5.95. The minimum absolute atomic E-state index is 0.192. The summed E-state index contributed by atoms with van der Waals surface area (Å²) in [5, 5.41) is 5.74. The van der Waals surface area contributed by atoms with Gasteiger partial charge in [0.15, 0.2) is 0 Å². The Kier molecular flexibility index (Phi) is 7.89. The third-order valence-electron chi connectivity index (χ3n) is 5.42. The number of amides is 2. The van der Waals surface area contributed by atoms with Gasteiger partial charge in [0, 0.05) is 24.8 Å². The number of nitrogens with one attached hydrogen (secondary N) is 2. The molecule has 1 atom stereocenters. The summed E-state index contributed by atoms with van der Waals surface area (Å²) in [6.45, 7) is 7.30. The van der Waals surface area contributed by atoms with Gasteiger partial charge in [-0.15, -0.1) is 0 Å². The summed E-state index contributed by atoms with van der Waals surface area (Å²) in [5.74, 6) is 0.254. The topological polar surface area (TPSA) is 79.9 Å². The van der Waals surface area contributed by atoms with E-state index in [4.69, 9.17) is 9.47 Å². The first kappa shape index (κ1) is 23.3. The third-order valence-corrected chi connectivity index (χ3v) is 5.42. The summed E-state index contributed by atoms with van der Waals surface area (Å²) in [6, 6.07) is 16.7. The SMILES string of the molecule is CCOC(=O)C1=C(CN(Cc2ccccc2)C(C)C)NC(=O)NC1c1ccc(OC)cc1. The number of nitrogens with zero attached hydrogens (tertiary/aromatic N) is 1. The molecule has 1 aliphatic heterocycles. The van der Waals surface area contributed by atoms with Crippen molar-refractivity contribution in [1.82, 2.24) is 15.5 Å². The van der Waals surface area contributed by atoms with Crippen LogP contribution in [-0.2, 0) is 16.1 Å². The lowest BCUT2D eigenvalue weighted by molar-refractivity contribution is -0.139. The molecule has 0 spiro atoms. The number of carbonyl (C=O) groups excluding carboxylic acids is 2. The largest absolute Gasteiger partial charge is 0.497 e. The van der Waals surface area contributed by atoms with Crippen LogP contribution in [0.5, 0.6) is 5.75 Å². The van der Waals surface area contributed by atoms with Crippen molar-refractivity contribution in [2.45, 2.75) is 39.4 Å². The van der Waals surface area contributed by atoms with Gasteiger partial charge in [0.05, 0.1) is 25.3 Å². The monoisotopic (exact) mass is 437 g/mol. The van der Waals surface area contributed by atoms with E-state index in [0.29, 0.717) is 30.1 Å². The molecule has 1 aliphatic rings. The highest BCUT2D eigenvalue weighted by atomic mass is 16.5. The van der Waals surface area contributed by atoms with E-state index in [0.717, 1.165) is 11.1 Å². The third kappa shape index (κ3) is 5.68. The van der Waals surface area contributed by atoms with Crippen molar-refractivity contribution in [1.29, 1.82) is 0 Å². The minimum Gasteiger partial charge on any atom is -0.497 e. The molecule has 7 nitrogen and oxygen atoms in total. The average molecular weight is 438 g/mol. The Balaban J connectivity index is 1.99. The Bertz CT molecular complexity index is 955. The Labute approximate surface area is 189 Å². The van der Waals surface area contributed by atoms with E-state index < -0.39 is 12.0 Å². The lowest BCUT2D eigenvalue weighted by atomic mass is 9.94. The van der Waals surface area contributed by atoms with E-state index in [9.17, 15) is 9.59 Å². The molecule has 1 unspecified atom stereocenters. The lowest BCUT2D eigenvalue weighted by Crippen LogP contribution is -2.49. The van der Waals surface area contributed by atoms with Crippen molar-refractivity contribution in [3.63, 3.8) is 0 Å². The second kappa shape index (κ2) is 10.8. The zero-order valence-corrected chi connectivity index (χ0v) is 19.1. The standard InChI is InChI=1S/C25H31N3O4/c1-5-32-24(29)22-21(16-28(17(2)3)15-18-9-7-6-8-10-18)26-25(30)27-23(22)19-11-13-20(31-4)14-12-19/h6-14,17,23H,5,15-16H2,1-4H3,(H2,26,27,30). The van der Waals surface area contributed by atoms with E-state index in [1.165, 1.54) is 0 Å². The zero-order valence-electron chi connectivity index (χ0n) is 19.1. The fraction of sp³-hybridized carbons (Fsp3) is 0.360. The Morgan fingerprint density at radius 1 is 1.06 bits per heavy atom.